The Kier molecular flexibility index (Phi) is 7.55. The standard InChI is InChI=1S/C24H29NO4/c26-19-11-10-18-25-17-9-3-8-16-24(25,22(27)20-12-4-1-5-13-20)29-23(28)21-14-6-2-7-15-21/h1-2,4-7,12-15,26H,3,8-11,16-19H2. The summed E-state index contributed by atoms with van der Waals surface area (Å²) in [5.74, 6) is -0.655. The number of likely N-dealkylation sites (tertiary alicyclic amines) is 1. The van der Waals surface area contributed by atoms with Crippen LogP contribution in [0.5, 0.6) is 0 Å². The number of ether oxygens (including phenoxy) is 1. The molecule has 2 aromatic carbocycles. The molecule has 5 heteroatoms. The van der Waals surface area contributed by atoms with Crippen LogP contribution in [-0.2, 0) is 4.74 Å². The third kappa shape index (κ3) is 5.11. The summed E-state index contributed by atoms with van der Waals surface area (Å²) in [4.78, 5) is 28.7. The zero-order valence-electron chi connectivity index (χ0n) is 16.8. The van der Waals surface area contributed by atoms with Crippen LogP contribution in [0.1, 0.15) is 59.2 Å². The maximum atomic E-state index is 13.7. The molecule has 0 aromatic heterocycles. The molecule has 1 aliphatic heterocycles. The van der Waals surface area contributed by atoms with Gasteiger partial charge in [-0.15, -0.1) is 0 Å². The Morgan fingerprint density at radius 3 is 2.21 bits per heavy atom. The van der Waals surface area contributed by atoms with E-state index in [0.717, 1.165) is 25.7 Å². The van der Waals surface area contributed by atoms with Gasteiger partial charge in [0.1, 0.15) is 0 Å². The minimum absolute atomic E-state index is 0.108. The number of carbonyl (C=O) groups excluding carboxylic acids is 2. The molecule has 1 atom stereocenters. The average molecular weight is 395 g/mol. The van der Waals surface area contributed by atoms with Crippen molar-refractivity contribution in [2.45, 2.75) is 44.2 Å². The molecule has 1 N–H and O–H groups in total. The summed E-state index contributed by atoms with van der Waals surface area (Å²) in [6, 6.07) is 17.9. The van der Waals surface area contributed by atoms with Crippen LogP contribution in [0.3, 0.4) is 0 Å². The SMILES string of the molecule is O=C(OC1(C(=O)c2ccccc2)CCCCCN1CCCCO)c1ccccc1. The molecule has 1 saturated heterocycles. The zero-order chi connectivity index (χ0) is 20.5. The average Bonchev–Trinajstić information content (AvgIpc) is 2.97. The van der Waals surface area contributed by atoms with Crippen molar-refractivity contribution in [1.82, 2.24) is 4.90 Å². The Morgan fingerprint density at radius 1 is 0.897 bits per heavy atom. The minimum Gasteiger partial charge on any atom is -0.432 e. The lowest BCUT2D eigenvalue weighted by Crippen LogP contribution is -2.57. The van der Waals surface area contributed by atoms with Crippen molar-refractivity contribution in [1.29, 1.82) is 0 Å². The van der Waals surface area contributed by atoms with Crippen molar-refractivity contribution in [3.8, 4) is 0 Å². The van der Waals surface area contributed by atoms with Crippen LogP contribution in [-0.4, -0.2) is 47.2 Å². The van der Waals surface area contributed by atoms with Gasteiger partial charge in [-0.25, -0.2) is 4.79 Å². The molecule has 2 aromatic rings. The van der Waals surface area contributed by atoms with Gasteiger partial charge in [0.05, 0.1) is 5.56 Å². The molecule has 1 aliphatic rings. The third-order valence-corrected chi connectivity index (χ3v) is 5.45. The number of Topliss-reactive ketones (excluding diaryl/α,β-unsaturated/α-hetero) is 1. The number of unbranched alkanes of at least 4 members (excludes halogenated alkanes) is 1. The van der Waals surface area contributed by atoms with Crippen molar-refractivity contribution in [3.05, 3.63) is 71.8 Å². The molecular weight excluding hydrogens is 366 g/mol. The number of benzene rings is 2. The second-order valence-electron chi connectivity index (χ2n) is 7.46. The van der Waals surface area contributed by atoms with Crippen molar-refractivity contribution in [3.63, 3.8) is 0 Å². The Bertz CT molecular complexity index is 793. The Morgan fingerprint density at radius 2 is 1.55 bits per heavy atom. The number of hydrogen-bond acceptors (Lipinski definition) is 5. The van der Waals surface area contributed by atoms with Crippen LogP contribution < -0.4 is 0 Å². The van der Waals surface area contributed by atoms with E-state index in [9.17, 15) is 14.7 Å². The van der Waals surface area contributed by atoms with Gasteiger partial charge in [0.2, 0.25) is 11.5 Å². The number of ketones is 1. The van der Waals surface area contributed by atoms with Crippen molar-refractivity contribution in [2.24, 2.45) is 0 Å². The van der Waals surface area contributed by atoms with Gasteiger partial charge in [-0.1, -0.05) is 55.0 Å². The van der Waals surface area contributed by atoms with Crippen LogP contribution >= 0.6 is 0 Å². The largest absolute Gasteiger partial charge is 0.432 e. The highest BCUT2D eigenvalue weighted by molar-refractivity contribution is 6.04. The van der Waals surface area contributed by atoms with Crippen LogP contribution in [0.25, 0.3) is 0 Å². The molecule has 154 valence electrons. The lowest BCUT2D eigenvalue weighted by atomic mass is 9.94. The van der Waals surface area contributed by atoms with Gasteiger partial charge < -0.3 is 9.84 Å². The smallest absolute Gasteiger partial charge is 0.340 e. The molecule has 0 amide bonds. The highest BCUT2D eigenvalue weighted by Gasteiger charge is 2.48. The van der Waals surface area contributed by atoms with E-state index < -0.39 is 11.7 Å². The number of carbonyl (C=O) groups is 2. The highest BCUT2D eigenvalue weighted by atomic mass is 16.6. The number of rotatable bonds is 8. The Hall–Kier alpha value is -2.50. The summed E-state index contributed by atoms with van der Waals surface area (Å²) in [6.07, 6.45) is 4.62. The highest BCUT2D eigenvalue weighted by Crippen LogP contribution is 2.33. The first kappa shape index (κ1) is 21.2. The molecule has 0 radical (unpaired) electrons. The molecule has 3 rings (SSSR count). The molecular formula is C24H29NO4. The number of esters is 1. The topological polar surface area (TPSA) is 66.8 Å². The number of nitrogens with zero attached hydrogens (tertiary/aromatic N) is 1. The van der Waals surface area contributed by atoms with Crippen LogP contribution in [0, 0.1) is 0 Å². The minimum atomic E-state index is -1.32. The molecule has 29 heavy (non-hydrogen) atoms. The fourth-order valence-electron chi connectivity index (χ4n) is 3.91. The predicted octanol–water partition coefficient (Wildman–Crippen LogP) is 4.07. The van der Waals surface area contributed by atoms with Crippen molar-refractivity contribution in [2.75, 3.05) is 19.7 Å². The number of aliphatic hydroxyl groups is 1. The molecule has 0 saturated carbocycles. The quantitative estimate of drug-likeness (QED) is 0.415. The monoisotopic (exact) mass is 395 g/mol. The molecule has 1 unspecified atom stereocenters. The van der Waals surface area contributed by atoms with E-state index in [4.69, 9.17) is 4.74 Å². The van der Waals surface area contributed by atoms with Gasteiger partial charge in [0.25, 0.3) is 0 Å². The fourth-order valence-corrected chi connectivity index (χ4v) is 3.91. The molecule has 0 spiro atoms. The van der Waals surface area contributed by atoms with E-state index >= 15 is 0 Å². The molecule has 0 bridgehead atoms. The normalized spacial score (nSPS) is 20.0. The second kappa shape index (κ2) is 10.3. The summed E-state index contributed by atoms with van der Waals surface area (Å²) >= 11 is 0. The summed E-state index contributed by atoms with van der Waals surface area (Å²) in [5, 5.41) is 9.19. The first-order valence-electron chi connectivity index (χ1n) is 10.4. The van der Waals surface area contributed by atoms with E-state index in [1.807, 2.05) is 29.2 Å². The zero-order valence-corrected chi connectivity index (χ0v) is 16.8. The maximum Gasteiger partial charge on any atom is 0.340 e. The van der Waals surface area contributed by atoms with Gasteiger partial charge in [-0.2, -0.15) is 0 Å². The summed E-state index contributed by atoms with van der Waals surface area (Å²) in [7, 11) is 0. The molecule has 0 aliphatic carbocycles. The Balaban J connectivity index is 1.98. The van der Waals surface area contributed by atoms with Gasteiger partial charge in [-0.05, 0) is 37.8 Å². The molecule has 1 fully saturated rings. The van der Waals surface area contributed by atoms with Crippen LogP contribution in [0.2, 0.25) is 0 Å². The first-order valence-corrected chi connectivity index (χ1v) is 10.4. The van der Waals surface area contributed by atoms with Crippen LogP contribution in [0.15, 0.2) is 60.7 Å². The lowest BCUT2D eigenvalue weighted by Gasteiger charge is -2.41. The second-order valence-corrected chi connectivity index (χ2v) is 7.46. The summed E-state index contributed by atoms with van der Waals surface area (Å²) < 4.78 is 6.08. The number of hydrogen-bond donors (Lipinski definition) is 1. The fraction of sp³-hybridized carbons (Fsp3) is 0.417. The van der Waals surface area contributed by atoms with E-state index in [-0.39, 0.29) is 12.4 Å². The van der Waals surface area contributed by atoms with Crippen molar-refractivity contribution < 1.29 is 19.4 Å². The summed E-state index contributed by atoms with van der Waals surface area (Å²) in [5.41, 5.74) is -0.338. The van der Waals surface area contributed by atoms with E-state index in [1.165, 1.54) is 0 Å². The van der Waals surface area contributed by atoms with Gasteiger partial charge in [0, 0.05) is 31.7 Å². The van der Waals surface area contributed by atoms with E-state index in [2.05, 4.69) is 0 Å². The Labute approximate surface area is 172 Å². The van der Waals surface area contributed by atoms with Gasteiger partial charge >= 0.3 is 5.97 Å². The first-order chi connectivity index (χ1) is 14.2. The predicted molar refractivity (Wildman–Crippen MR) is 112 cm³/mol. The lowest BCUT2D eigenvalue weighted by molar-refractivity contribution is -0.0927. The molecule has 1 heterocycles. The van der Waals surface area contributed by atoms with Crippen molar-refractivity contribution >= 4 is 11.8 Å². The van der Waals surface area contributed by atoms with E-state index in [1.54, 1.807) is 36.4 Å². The summed E-state index contributed by atoms with van der Waals surface area (Å²) in [6.45, 7) is 1.39. The van der Waals surface area contributed by atoms with Gasteiger partial charge in [-0.3, -0.25) is 9.69 Å². The van der Waals surface area contributed by atoms with E-state index in [0.29, 0.717) is 37.1 Å². The third-order valence-electron chi connectivity index (χ3n) is 5.45. The van der Waals surface area contributed by atoms with Gasteiger partial charge in [0.15, 0.2) is 0 Å². The maximum absolute atomic E-state index is 13.7. The molecule has 5 nitrogen and oxygen atoms in total. The number of aliphatic hydroxyl groups excluding tert-OH is 1. The van der Waals surface area contributed by atoms with Crippen LogP contribution in [0.4, 0.5) is 0 Å².